The van der Waals surface area contributed by atoms with Crippen LogP contribution in [0.15, 0.2) is 18.2 Å². The predicted molar refractivity (Wildman–Crippen MR) is 60.9 cm³/mol. The molecular formula is C9H12Cl3N. The van der Waals surface area contributed by atoms with E-state index < -0.39 is 0 Å². The number of halogens is 3. The van der Waals surface area contributed by atoms with Gasteiger partial charge in [-0.15, -0.1) is 12.4 Å². The smallest absolute Gasteiger partial charge is 0.0639 e. The Morgan fingerprint density at radius 1 is 1.38 bits per heavy atom. The molecule has 4 heteroatoms. The summed E-state index contributed by atoms with van der Waals surface area (Å²) in [5, 5.41) is 1.14. The highest BCUT2D eigenvalue weighted by atomic mass is 35.5. The molecule has 1 aromatic rings. The van der Waals surface area contributed by atoms with Crippen LogP contribution >= 0.6 is 35.6 Å². The molecule has 0 bridgehead atoms. The summed E-state index contributed by atoms with van der Waals surface area (Å²) in [5.41, 5.74) is 6.74. The molecule has 0 saturated heterocycles. The third kappa shape index (κ3) is 3.03. The van der Waals surface area contributed by atoms with Gasteiger partial charge in [-0.1, -0.05) is 42.3 Å². The lowest BCUT2D eigenvalue weighted by Crippen LogP contribution is -2.09. The molecule has 0 amide bonds. The predicted octanol–water partition coefficient (Wildman–Crippen LogP) is 3.83. The third-order valence-electron chi connectivity index (χ3n) is 1.82. The normalized spacial score (nSPS) is 12.0. The van der Waals surface area contributed by atoms with Gasteiger partial charge < -0.3 is 5.73 Å². The van der Waals surface area contributed by atoms with E-state index in [2.05, 4.69) is 0 Å². The molecular weight excluding hydrogens is 228 g/mol. The Hall–Kier alpha value is 0.0500. The highest BCUT2D eigenvalue weighted by Crippen LogP contribution is 2.29. The first-order valence-corrected chi connectivity index (χ1v) is 4.62. The maximum Gasteiger partial charge on any atom is 0.0639 e. The largest absolute Gasteiger partial charge is 0.324 e. The summed E-state index contributed by atoms with van der Waals surface area (Å²) in [5.74, 6) is 0. The molecule has 1 nitrogen and oxygen atoms in total. The number of hydrogen-bond acceptors (Lipinski definition) is 1. The minimum atomic E-state index is -0.0174. The maximum absolute atomic E-state index is 5.95. The van der Waals surface area contributed by atoms with Crippen molar-refractivity contribution in [3.63, 3.8) is 0 Å². The second-order valence-electron chi connectivity index (χ2n) is 2.66. The molecule has 0 radical (unpaired) electrons. The standard InChI is InChI=1S/C9H11Cl2N.ClH/c1-2-8(12)6-4-3-5-7(10)9(6)11;/h3-5,8H,2,12H2,1H3;1H/t8-;/m1./s1. The minimum absolute atomic E-state index is 0. The van der Waals surface area contributed by atoms with Crippen LogP contribution in [0.2, 0.25) is 10.0 Å². The fourth-order valence-corrected chi connectivity index (χ4v) is 1.47. The topological polar surface area (TPSA) is 26.0 Å². The molecule has 0 aliphatic carbocycles. The van der Waals surface area contributed by atoms with Crippen LogP contribution in [0.1, 0.15) is 24.9 Å². The summed E-state index contributed by atoms with van der Waals surface area (Å²) < 4.78 is 0. The summed E-state index contributed by atoms with van der Waals surface area (Å²) in [7, 11) is 0. The first-order chi connectivity index (χ1) is 5.66. The molecule has 0 unspecified atom stereocenters. The molecule has 13 heavy (non-hydrogen) atoms. The number of nitrogens with two attached hydrogens (primary N) is 1. The Balaban J connectivity index is 0.00000144. The molecule has 1 aromatic carbocycles. The van der Waals surface area contributed by atoms with E-state index in [-0.39, 0.29) is 18.4 Å². The van der Waals surface area contributed by atoms with E-state index in [1.54, 1.807) is 6.07 Å². The third-order valence-corrected chi connectivity index (χ3v) is 2.65. The maximum atomic E-state index is 5.95. The van der Waals surface area contributed by atoms with Crippen LogP contribution in [0.3, 0.4) is 0 Å². The highest BCUT2D eigenvalue weighted by Gasteiger charge is 2.09. The summed E-state index contributed by atoms with van der Waals surface area (Å²) in [6.45, 7) is 2.02. The van der Waals surface area contributed by atoms with Crippen molar-refractivity contribution in [1.82, 2.24) is 0 Å². The van der Waals surface area contributed by atoms with Crippen LogP contribution in [0.5, 0.6) is 0 Å². The van der Waals surface area contributed by atoms with E-state index in [0.717, 1.165) is 12.0 Å². The zero-order chi connectivity index (χ0) is 9.14. The lowest BCUT2D eigenvalue weighted by atomic mass is 10.1. The van der Waals surface area contributed by atoms with Crippen molar-refractivity contribution >= 4 is 35.6 Å². The van der Waals surface area contributed by atoms with Gasteiger partial charge in [0.2, 0.25) is 0 Å². The number of hydrogen-bond donors (Lipinski definition) is 1. The Morgan fingerprint density at radius 2 is 2.00 bits per heavy atom. The molecule has 0 spiro atoms. The van der Waals surface area contributed by atoms with Gasteiger partial charge in [-0.05, 0) is 18.1 Å². The van der Waals surface area contributed by atoms with E-state index in [0.29, 0.717) is 10.0 Å². The quantitative estimate of drug-likeness (QED) is 0.835. The fourth-order valence-electron chi connectivity index (χ4n) is 1.03. The van der Waals surface area contributed by atoms with Crippen molar-refractivity contribution in [2.75, 3.05) is 0 Å². The van der Waals surface area contributed by atoms with Gasteiger partial charge in [-0.2, -0.15) is 0 Å². The second-order valence-corrected chi connectivity index (χ2v) is 3.44. The average Bonchev–Trinajstić information content (AvgIpc) is 2.08. The van der Waals surface area contributed by atoms with Crippen LogP contribution in [0, 0.1) is 0 Å². The van der Waals surface area contributed by atoms with Crippen molar-refractivity contribution < 1.29 is 0 Å². The molecule has 0 aliphatic heterocycles. The van der Waals surface area contributed by atoms with Crippen molar-refractivity contribution in [1.29, 1.82) is 0 Å². The van der Waals surface area contributed by atoms with Gasteiger partial charge in [0.05, 0.1) is 10.0 Å². The summed E-state index contributed by atoms with van der Waals surface area (Å²) in [6, 6.07) is 5.51. The van der Waals surface area contributed by atoms with Crippen LogP contribution < -0.4 is 5.73 Å². The molecule has 0 aromatic heterocycles. The molecule has 1 rings (SSSR count). The Morgan fingerprint density at radius 3 is 2.54 bits per heavy atom. The highest BCUT2D eigenvalue weighted by molar-refractivity contribution is 6.42. The Bertz CT molecular complexity index is 276. The van der Waals surface area contributed by atoms with E-state index in [4.69, 9.17) is 28.9 Å². The first kappa shape index (κ1) is 13.1. The number of rotatable bonds is 2. The van der Waals surface area contributed by atoms with Gasteiger partial charge in [-0.25, -0.2) is 0 Å². The van der Waals surface area contributed by atoms with Gasteiger partial charge in [0.25, 0.3) is 0 Å². The zero-order valence-corrected chi connectivity index (χ0v) is 9.59. The lowest BCUT2D eigenvalue weighted by molar-refractivity contribution is 0.699. The molecule has 2 N–H and O–H groups in total. The summed E-state index contributed by atoms with van der Waals surface area (Å²) >= 11 is 11.8. The Labute approximate surface area is 94.6 Å². The average molecular weight is 241 g/mol. The van der Waals surface area contributed by atoms with E-state index in [9.17, 15) is 0 Å². The van der Waals surface area contributed by atoms with E-state index >= 15 is 0 Å². The molecule has 0 aliphatic rings. The molecule has 0 saturated carbocycles. The zero-order valence-electron chi connectivity index (χ0n) is 7.26. The van der Waals surface area contributed by atoms with Gasteiger partial charge in [-0.3, -0.25) is 0 Å². The SMILES string of the molecule is CC[C@@H](N)c1cccc(Cl)c1Cl.Cl. The number of benzene rings is 1. The molecule has 74 valence electrons. The molecule has 0 fully saturated rings. The van der Waals surface area contributed by atoms with Crippen molar-refractivity contribution in [2.45, 2.75) is 19.4 Å². The van der Waals surface area contributed by atoms with Crippen LogP contribution in [-0.4, -0.2) is 0 Å². The summed E-state index contributed by atoms with van der Waals surface area (Å²) in [4.78, 5) is 0. The summed E-state index contributed by atoms with van der Waals surface area (Å²) in [6.07, 6.45) is 0.861. The van der Waals surface area contributed by atoms with Crippen molar-refractivity contribution in [2.24, 2.45) is 5.73 Å². The van der Waals surface area contributed by atoms with Gasteiger partial charge >= 0.3 is 0 Å². The minimum Gasteiger partial charge on any atom is -0.324 e. The van der Waals surface area contributed by atoms with Crippen LogP contribution in [-0.2, 0) is 0 Å². The molecule has 1 atom stereocenters. The fraction of sp³-hybridized carbons (Fsp3) is 0.333. The van der Waals surface area contributed by atoms with E-state index in [1.807, 2.05) is 19.1 Å². The lowest BCUT2D eigenvalue weighted by Gasteiger charge is -2.11. The van der Waals surface area contributed by atoms with Crippen molar-refractivity contribution in [3.05, 3.63) is 33.8 Å². The Kier molecular flexibility index (Phi) is 5.73. The monoisotopic (exact) mass is 239 g/mol. The van der Waals surface area contributed by atoms with E-state index in [1.165, 1.54) is 0 Å². The van der Waals surface area contributed by atoms with Crippen molar-refractivity contribution in [3.8, 4) is 0 Å². The van der Waals surface area contributed by atoms with Gasteiger partial charge in [0.15, 0.2) is 0 Å². The first-order valence-electron chi connectivity index (χ1n) is 3.86. The van der Waals surface area contributed by atoms with Crippen LogP contribution in [0.4, 0.5) is 0 Å². The van der Waals surface area contributed by atoms with Gasteiger partial charge in [0.1, 0.15) is 0 Å². The van der Waals surface area contributed by atoms with Gasteiger partial charge in [0, 0.05) is 6.04 Å². The second kappa shape index (κ2) is 5.71. The molecule has 0 heterocycles. The van der Waals surface area contributed by atoms with Crippen LogP contribution in [0.25, 0.3) is 0 Å².